The molecular weight excluding hydrogens is 256 g/mol. The summed E-state index contributed by atoms with van der Waals surface area (Å²) in [4.78, 5) is 11.7. The Labute approximate surface area is 106 Å². The van der Waals surface area contributed by atoms with Gasteiger partial charge in [0.2, 0.25) is 0 Å². The molecule has 1 amide bonds. The molecule has 0 saturated carbocycles. The van der Waals surface area contributed by atoms with Crippen molar-refractivity contribution in [2.45, 2.75) is 0 Å². The molecule has 1 aromatic heterocycles. The molecule has 0 radical (unpaired) electrons. The van der Waals surface area contributed by atoms with Crippen molar-refractivity contribution in [3.05, 3.63) is 47.7 Å². The van der Waals surface area contributed by atoms with Gasteiger partial charge in [-0.1, -0.05) is 0 Å². The van der Waals surface area contributed by atoms with E-state index in [2.05, 4.69) is 20.9 Å². The molecule has 0 saturated heterocycles. The van der Waals surface area contributed by atoms with Crippen molar-refractivity contribution in [2.24, 2.45) is 5.84 Å². The van der Waals surface area contributed by atoms with Crippen molar-refractivity contribution in [1.82, 2.24) is 10.2 Å². The lowest BCUT2D eigenvalue weighted by Crippen LogP contribution is -2.16. The summed E-state index contributed by atoms with van der Waals surface area (Å²) in [7, 11) is 0. The molecule has 0 aliphatic heterocycles. The first-order valence-corrected chi connectivity index (χ1v) is 5.17. The minimum atomic E-state index is -0.874. The first-order valence-electron chi connectivity index (χ1n) is 5.17. The van der Waals surface area contributed by atoms with E-state index < -0.39 is 17.5 Å². The third kappa shape index (κ3) is 2.99. The van der Waals surface area contributed by atoms with Gasteiger partial charge in [0.25, 0.3) is 5.91 Å². The fourth-order valence-corrected chi connectivity index (χ4v) is 1.31. The number of nitrogens with two attached hydrogens (primary N) is 1. The second kappa shape index (κ2) is 5.36. The standard InChI is InChI=1S/C11H9F2N5O/c12-6-1-2-8(7(13)5-6)15-11(19)9-3-4-10(16-14)18-17-9/h1-5H,14H2,(H,15,19)(H,16,18). The van der Waals surface area contributed by atoms with Crippen LogP contribution in [-0.4, -0.2) is 16.1 Å². The highest BCUT2D eigenvalue weighted by Crippen LogP contribution is 2.15. The normalized spacial score (nSPS) is 10.1. The van der Waals surface area contributed by atoms with Crippen LogP contribution in [0.15, 0.2) is 30.3 Å². The summed E-state index contributed by atoms with van der Waals surface area (Å²) >= 11 is 0. The molecule has 2 rings (SSSR count). The zero-order chi connectivity index (χ0) is 13.8. The Morgan fingerprint density at radius 1 is 1.16 bits per heavy atom. The Hall–Kier alpha value is -2.61. The van der Waals surface area contributed by atoms with Crippen LogP contribution in [0.25, 0.3) is 0 Å². The number of benzene rings is 1. The van der Waals surface area contributed by atoms with E-state index in [9.17, 15) is 13.6 Å². The average molecular weight is 265 g/mol. The quantitative estimate of drug-likeness (QED) is 0.574. The van der Waals surface area contributed by atoms with Crippen molar-refractivity contribution in [3.8, 4) is 0 Å². The van der Waals surface area contributed by atoms with E-state index in [1.165, 1.54) is 12.1 Å². The highest BCUT2D eigenvalue weighted by Gasteiger charge is 2.11. The van der Waals surface area contributed by atoms with Crippen LogP contribution in [0.3, 0.4) is 0 Å². The van der Waals surface area contributed by atoms with Gasteiger partial charge in [0.1, 0.15) is 11.6 Å². The number of anilines is 2. The molecule has 4 N–H and O–H groups in total. The number of nitrogen functional groups attached to an aromatic ring is 1. The number of hydrazine groups is 1. The Morgan fingerprint density at radius 3 is 2.53 bits per heavy atom. The van der Waals surface area contributed by atoms with Crippen LogP contribution < -0.4 is 16.6 Å². The molecule has 0 bridgehead atoms. The van der Waals surface area contributed by atoms with Gasteiger partial charge in [0.05, 0.1) is 5.69 Å². The van der Waals surface area contributed by atoms with Crippen molar-refractivity contribution >= 4 is 17.4 Å². The van der Waals surface area contributed by atoms with Crippen LogP contribution in [0.4, 0.5) is 20.3 Å². The summed E-state index contributed by atoms with van der Waals surface area (Å²) in [5.74, 6) is 3.11. The number of rotatable bonds is 3. The van der Waals surface area contributed by atoms with E-state index in [-0.39, 0.29) is 17.2 Å². The first kappa shape index (κ1) is 12.8. The Morgan fingerprint density at radius 2 is 1.95 bits per heavy atom. The second-order valence-electron chi connectivity index (χ2n) is 3.53. The number of hydrogen-bond donors (Lipinski definition) is 3. The number of hydrogen-bond acceptors (Lipinski definition) is 5. The maximum Gasteiger partial charge on any atom is 0.276 e. The minimum Gasteiger partial charge on any atom is -0.318 e. The third-order valence-corrected chi connectivity index (χ3v) is 2.22. The van der Waals surface area contributed by atoms with Gasteiger partial charge in [-0.2, -0.15) is 0 Å². The summed E-state index contributed by atoms with van der Waals surface area (Å²) in [6.07, 6.45) is 0. The highest BCUT2D eigenvalue weighted by atomic mass is 19.1. The number of amides is 1. The Bertz CT molecular complexity index is 603. The van der Waals surface area contributed by atoms with Gasteiger partial charge in [-0.3, -0.25) is 4.79 Å². The zero-order valence-electron chi connectivity index (χ0n) is 9.52. The van der Waals surface area contributed by atoms with Gasteiger partial charge in [0, 0.05) is 6.07 Å². The molecule has 0 atom stereocenters. The van der Waals surface area contributed by atoms with Gasteiger partial charge in [0.15, 0.2) is 11.5 Å². The molecule has 0 fully saturated rings. The largest absolute Gasteiger partial charge is 0.318 e. The molecule has 19 heavy (non-hydrogen) atoms. The molecule has 0 aliphatic carbocycles. The van der Waals surface area contributed by atoms with E-state index in [1.54, 1.807) is 0 Å². The first-order chi connectivity index (χ1) is 9.10. The predicted molar refractivity (Wildman–Crippen MR) is 64.2 cm³/mol. The summed E-state index contributed by atoms with van der Waals surface area (Å²) in [5, 5.41) is 9.44. The topological polar surface area (TPSA) is 92.9 Å². The number of nitrogens with one attached hydrogen (secondary N) is 2. The van der Waals surface area contributed by atoms with Crippen LogP contribution in [0.5, 0.6) is 0 Å². The fraction of sp³-hybridized carbons (Fsp3) is 0. The molecule has 2 aromatic rings. The SMILES string of the molecule is NNc1ccc(C(=O)Nc2ccc(F)cc2F)nn1. The van der Waals surface area contributed by atoms with Crippen LogP contribution in [0, 0.1) is 11.6 Å². The Balaban J connectivity index is 2.15. The molecule has 0 unspecified atom stereocenters. The summed E-state index contributed by atoms with van der Waals surface area (Å²) < 4.78 is 26.0. The van der Waals surface area contributed by atoms with E-state index in [4.69, 9.17) is 5.84 Å². The molecule has 6 nitrogen and oxygen atoms in total. The third-order valence-electron chi connectivity index (χ3n) is 2.22. The maximum absolute atomic E-state index is 13.3. The molecule has 98 valence electrons. The van der Waals surface area contributed by atoms with E-state index >= 15 is 0 Å². The number of carbonyl (C=O) groups excluding carboxylic acids is 1. The lowest BCUT2D eigenvalue weighted by molar-refractivity contribution is 0.102. The van der Waals surface area contributed by atoms with Crippen LogP contribution >= 0.6 is 0 Å². The molecular formula is C11H9F2N5O. The van der Waals surface area contributed by atoms with Crippen LogP contribution in [0.1, 0.15) is 10.5 Å². The van der Waals surface area contributed by atoms with Crippen LogP contribution in [-0.2, 0) is 0 Å². The number of halogens is 2. The number of nitrogens with zero attached hydrogens (tertiary/aromatic N) is 2. The second-order valence-corrected chi connectivity index (χ2v) is 3.53. The zero-order valence-corrected chi connectivity index (χ0v) is 9.52. The predicted octanol–water partition coefficient (Wildman–Crippen LogP) is 1.29. The van der Waals surface area contributed by atoms with Crippen molar-refractivity contribution < 1.29 is 13.6 Å². The van der Waals surface area contributed by atoms with Gasteiger partial charge in [-0.05, 0) is 24.3 Å². The summed E-state index contributed by atoms with van der Waals surface area (Å²) in [6.45, 7) is 0. The number of aromatic nitrogens is 2. The van der Waals surface area contributed by atoms with Gasteiger partial charge in [-0.15, -0.1) is 10.2 Å². The maximum atomic E-state index is 13.3. The lowest BCUT2D eigenvalue weighted by Gasteiger charge is -2.05. The molecule has 0 aliphatic rings. The molecule has 0 spiro atoms. The monoisotopic (exact) mass is 265 g/mol. The van der Waals surface area contributed by atoms with Crippen molar-refractivity contribution in [1.29, 1.82) is 0 Å². The van der Waals surface area contributed by atoms with Gasteiger partial charge < -0.3 is 10.7 Å². The van der Waals surface area contributed by atoms with Crippen molar-refractivity contribution in [2.75, 3.05) is 10.7 Å². The van der Waals surface area contributed by atoms with E-state index in [0.717, 1.165) is 12.1 Å². The highest BCUT2D eigenvalue weighted by molar-refractivity contribution is 6.02. The fourth-order valence-electron chi connectivity index (χ4n) is 1.31. The Kier molecular flexibility index (Phi) is 3.62. The smallest absolute Gasteiger partial charge is 0.276 e. The molecule has 1 heterocycles. The van der Waals surface area contributed by atoms with E-state index in [0.29, 0.717) is 6.07 Å². The van der Waals surface area contributed by atoms with E-state index in [1.807, 2.05) is 0 Å². The average Bonchev–Trinajstić information content (AvgIpc) is 2.42. The van der Waals surface area contributed by atoms with Gasteiger partial charge >= 0.3 is 0 Å². The van der Waals surface area contributed by atoms with Crippen molar-refractivity contribution in [3.63, 3.8) is 0 Å². The summed E-state index contributed by atoms with van der Waals surface area (Å²) in [6, 6.07) is 5.61. The molecule has 8 heteroatoms. The minimum absolute atomic E-state index is 0.0253. The summed E-state index contributed by atoms with van der Waals surface area (Å²) in [5.41, 5.74) is 2.08. The molecule has 1 aromatic carbocycles. The lowest BCUT2D eigenvalue weighted by atomic mass is 10.2. The van der Waals surface area contributed by atoms with Gasteiger partial charge in [-0.25, -0.2) is 14.6 Å². The number of carbonyl (C=O) groups is 1. The van der Waals surface area contributed by atoms with Crippen LogP contribution in [0.2, 0.25) is 0 Å².